The standard InChI is InChI=1S/C17H25ClN2O/c1-12(2)11-16(13-7-9-19-10-8-13)20-17(21)14-3-5-15(18)6-4-14/h3-6,12-13,16,19H,7-11H2,1-2H3,(H,20,21). The highest BCUT2D eigenvalue weighted by Crippen LogP contribution is 2.22. The van der Waals surface area contributed by atoms with E-state index in [0.717, 1.165) is 32.4 Å². The SMILES string of the molecule is CC(C)CC(NC(=O)c1ccc(Cl)cc1)C1CCNCC1. The zero-order valence-electron chi connectivity index (χ0n) is 12.9. The van der Waals surface area contributed by atoms with E-state index in [0.29, 0.717) is 22.4 Å². The van der Waals surface area contributed by atoms with Crippen molar-refractivity contribution in [1.29, 1.82) is 0 Å². The number of nitrogens with one attached hydrogen (secondary N) is 2. The quantitative estimate of drug-likeness (QED) is 0.874. The lowest BCUT2D eigenvalue weighted by atomic mass is 9.85. The second kappa shape index (κ2) is 7.81. The molecular weight excluding hydrogens is 284 g/mol. The topological polar surface area (TPSA) is 41.1 Å². The largest absolute Gasteiger partial charge is 0.349 e. The summed E-state index contributed by atoms with van der Waals surface area (Å²) in [5.74, 6) is 1.16. The van der Waals surface area contributed by atoms with Crippen LogP contribution in [0.3, 0.4) is 0 Å². The second-order valence-electron chi connectivity index (χ2n) is 6.30. The van der Waals surface area contributed by atoms with Gasteiger partial charge >= 0.3 is 0 Å². The van der Waals surface area contributed by atoms with Crippen LogP contribution in [0.25, 0.3) is 0 Å². The van der Waals surface area contributed by atoms with Gasteiger partial charge in [0.05, 0.1) is 0 Å². The van der Waals surface area contributed by atoms with Crippen LogP contribution in [0.15, 0.2) is 24.3 Å². The molecule has 116 valence electrons. The van der Waals surface area contributed by atoms with E-state index in [4.69, 9.17) is 11.6 Å². The number of halogens is 1. The summed E-state index contributed by atoms with van der Waals surface area (Å²) in [4.78, 5) is 12.4. The van der Waals surface area contributed by atoms with Gasteiger partial charge in [0.15, 0.2) is 0 Å². The fourth-order valence-corrected chi connectivity index (χ4v) is 3.10. The number of hydrogen-bond donors (Lipinski definition) is 2. The lowest BCUT2D eigenvalue weighted by Gasteiger charge is -2.32. The fraction of sp³-hybridized carbons (Fsp3) is 0.588. The molecule has 0 saturated carbocycles. The van der Waals surface area contributed by atoms with Crippen LogP contribution in [-0.2, 0) is 0 Å². The van der Waals surface area contributed by atoms with Gasteiger partial charge in [-0.3, -0.25) is 4.79 Å². The van der Waals surface area contributed by atoms with Crippen LogP contribution in [0.1, 0.15) is 43.5 Å². The first kappa shape index (κ1) is 16.3. The molecule has 4 heteroatoms. The molecule has 1 aromatic carbocycles. The average Bonchev–Trinajstić information content (AvgIpc) is 2.47. The minimum Gasteiger partial charge on any atom is -0.349 e. The number of carbonyl (C=O) groups is 1. The molecule has 1 fully saturated rings. The summed E-state index contributed by atoms with van der Waals surface area (Å²) < 4.78 is 0. The molecule has 21 heavy (non-hydrogen) atoms. The van der Waals surface area contributed by atoms with Gasteiger partial charge in [0, 0.05) is 16.6 Å². The molecule has 1 amide bonds. The molecule has 1 heterocycles. The van der Waals surface area contributed by atoms with Crippen molar-refractivity contribution < 1.29 is 4.79 Å². The Morgan fingerprint density at radius 3 is 2.48 bits per heavy atom. The number of hydrogen-bond acceptors (Lipinski definition) is 2. The number of benzene rings is 1. The van der Waals surface area contributed by atoms with Gasteiger partial charge in [-0.2, -0.15) is 0 Å². The van der Waals surface area contributed by atoms with E-state index in [1.165, 1.54) is 0 Å². The third kappa shape index (κ3) is 5.01. The summed E-state index contributed by atoms with van der Waals surface area (Å²) in [6, 6.07) is 7.35. The number of amides is 1. The van der Waals surface area contributed by atoms with Crippen molar-refractivity contribution in [1.82, 2.24) is 10.6 Å². The summed E-state index contributed by atoms with van der Waals surface area (Å²) >= 11 is 5.87. The van der Waals surface area contributed by atoms with Gasteiger partial charge < -0.3 is 10.6 Å². The van der Waals surface area contributed by atoms with Crippen molar-refractivity contribution in [2.45, 2.75) is 39.2 Å². The third-order valence-electron chi connectivity index (χ3n) is 4.10. The highest BCUT2D eigenvalue weighted by Gasteiger charge is 2.25. The lowest BCUT2D eigenvalue weighted by Crippen LogP contribution is -2.45. The van der Waals surface area contributed by atoms with Gasteiger partial charge in [0.25, 0.3) is 5.91 Å². The zero-order chi connectivity index (χ0) is 15.2. The first-order valence-corrected chi connectivity index (χ1v) is 8.21. The number of carbonyl (C=O) groups excluding carboxylic acids is 1. The molecule has 1 atom stereocenters. The molecule has 2 N–H and O–H groups in total. The molecule has 0 radical (unpaired) electrons. The molecular formula is C17H25ClN2O. The van der Waals surface area contributed by atoms with E-state index in [9.17, 15) is 4.79 Å². The Labute approximate surface area is 132 Å². The van der Waals surface area contributed by atoms with E-state index in [-0.39, 0.29) is 11.9 Å². The fourth-order valence-electron chi connectivity index (χ4n) is 2.98. The Balaban J connectivity index is 2.02. The van der Waals surface area contributed by atoms with E-state index in [1.54, 1.807) is 24.3 Å². The zero-order valence-corrected chi connectivity index (χ0v) is 13.6. The summed E-state index contributed by atoms with van der Waals surface area (Å²) in [7, 11) is 0. The molecule has 1 unspecified atom stereocenters. The highest BCUT2D eigenvalue weighted by molar-refractivity contribution is 6.30. The van der Waals surface area contributed by atoms with Crippen molar-refractivity contribution in [3.05, 3.63) is 34.9 Å². The third-order valence-corrected chi connectivity index (χ3v) is 4.35. The van der Waals surface area contributed by atoms with Crippen molar-refractivity contribution in [3.63, 3.8) is 0 Å². The molecule has 0 aliphatic carbocycles. The summed E-state index contributed by atoms with van der Waals surface area (Å²) in [5.41, 5.74) is 0.682. The van der Waals surface area contributed by atoms with Gasteiger partial charge in [-0.25, -0.2) is 0 Å². The summed E-state index contributed by atoms with van der Waals surface area (Å²) in [5, 5.41) is 7.29. The molecule has 0 aromatic heterocycles. The maximum Gasteiger partial charge on any atom is 0.251 e. The molecule has 3 nitrogen and oxygen atoms in total. The lowest BCUT2D eigenvalue weighted by molar-refractivity contribution is 0.0906. The second-order valence-corrected chi connectivity index (χ2v) is 6.74. The molecule has 1 aliphatic rings. The van der Waals surface area contributed by atoms with Gasteiger partial charge in [0.1, 0.15) is 0 Å². The predicted molar refractivity (Wildman–Crippen MR) is 87.8 cm³/mol. The van der Waals surface area contributed by atoms with E-state index < -0.39 is 0 Å². The Bertz CT molecular complexity index is 452. The van der Waals surface area contributed by atoms with Crippen molar-refractivity contribution in [3.8, 4) is 0 Å². The monoisotopic (exact) mass is 308 g/mol. The Hall–Kier alpha value is -1.06. The molecule has 2 rings (SSSR count). The average molecular weight is 309 g/mol. The van der Waals surface area contributed by atoms with E-state index >= 15 is 0 Å². The van der Waals surface area contributed by atoms with Crippen LogP contribution >= 0.6 is 11.6 Å². The highest BCUT2D eigenvalue weighted by atomic mass is 35.5. The predicted octanol–water partition coefficient (Wildman–Crippen LogP) is 3.48. The normalized spacial score (nSPS) is 17.7. The smallest absolute Gasteiger partial charge is 0.251 e. The van der Waals surface area contributed by atoms with Gasteiger partial charge in [-0.1, -0.05) is 25.4 Å². The first-order valence-electron chi connectivity index (χ1n) is 7.83. The molecule has 1 aromatic rings. The minimum atomic E-state index is 0.0100. The van der Waals surface area contributed by atoms with Crippen LogP contribution in [-0.4, -0.2) is 25.0 Å². The van der Waals surface area contributed by atoms with Crippen LogP contribution < -0.4 is 10.6 Å². The molecule has 1 aliphatic heterocycles. The van der Waals surface area contributed by atoms with Crippen molar-refractivity contribution in [2.24, 2.45) is 11.8 Å². The van der Waals surface area contributed by atoms with Gasteiger partial charge in [-0.05, 0) is 68.5 Å². The van der Waals surface area contributed by atoms with Gasteiger partial charge in [0.2, 0.25) is 0 Å². The van der Waals surface area contributed by atoms with Crippen LogP contribution in [0.2, 0.25) is 5.02 Å². The summed E-state index contributed by atoms with van der Waals surface area (Å²) in [6.07, 6.45) is 3.31. The van der Waals surface area contributed by atoms with Crippen molar-refractivity contribution in [2.75, 3.05) is 13.1 Å². The van der Waals surface area contributed by atoms with E-state index in [1.807, 2.05) is 0 Å². The van der Waals surface area contributed by atoms with Crippen molar-refractivity contribution >= 4 is 17.5 Å². The first-order chi connectivity index (χ1) is 10.1. The number of piperidine rings is 1. The number of rotatable bonds is 5. The van der Waals surface area contributed by atoms with Crippen LogP contribution in [0.4, 0.5) is 0 Å². The van der Waals surface area contributed by atoms with E-state index in [2.05, 4.69) is 24.5 Å². The maximum atomic E-state index is 12.4. The Morgan fingerprint density at radius 2 is 1.90 bits per heavy atom. The minimum absolute atomic E-state index is 0.0100. The molecule has 0 bridgehead atoms. The molecule has 1 saturated heterocycles. The van der Waals surface area contributed by atoms with Crippen LogP contribution in [0.5, 0.6) is 0 Å². The Kier molecular flexibility index (Phi) is 6.07. The van der Waals surface area contributed by atoms with Gasteiger partial charge in [-0.15, -0.1) is 0 Å². The Morgan fingerprint density at radius 1 is 1.29 bits per heavy atom. The van der Waals surface area contributed by atoms with Crippen LogP contribution in [0, 0.1) is 11.8 Å². The summed E-state index contributed by atoms with van der Waals surface area (Å²) in [6.45, 7) is 6.53. The maximum absolute atomic E-state index is 12.4. The molecule has 0 spiro atoms.